The summed E-state index contributed by atoms with van der Waals surface area (Å²) >= 11 is 0. The van der Waals surface area contributed by atoms with Crippen molar-refractivity contribution >= 4 is 0 Å². The van der Waals surface area contributed by atoms with E-state index in [0.29, 0.717) is 43.1 Å². The van der Waals surface area contributed by atoms with E-state index in [2.05, 4.69) is 0 Å². The zero-order valence-electron chi connectivity index (χ0n) is 8.19. The van der Waals surface area contributed by atoms with Gasteiger partial charge in [0.25, 0.3) is 0 Å². The van der Waals surface area contributed by atoms with Crippen molar-refractivity contribution in [3.63, 3.8) is 0 Å². The summed E-state index contributed by atoms with van der Waals surface area (Å²) in [5.41, 5.74) is -0.299. The van der Waals surface area contributed by atoms with Gasteiger partial charge in [0.05, 0.1) is 5.60 Å². The van der Waals surface area contributed by atoms with Crippen molar-refractivity contribution in [3.05, 3.63) is 17.7 Å². The molecule has 80 valence electrons. The third-order valence-electron chi connectivity index (χ3n) is 2.89. The van der Waals surface area contributed by atoms with Gasteiger partial charge in [0.2, 0.25) is 0 Å². The molecule has 4 nitrogen and oxygen atoms in total. The first kappa shape index (κ1) is 8.85. The number of fused-ring (bicyclic) bond motifs is 1. The number of aromatic hydroxyl groups is 1. The normalized spacial score (nSPS) is 21.1. The Bertz CT molecular complexity index is 409. The molecule has 15 heavy (non-hydrogen) atoms. The fraction of sp³-hybridized carbons (Fsp3) is 0.455. The van der Waals surface area contributed by atoms with Crippen LogP contribution in [0.15, 0.2) is 12.1 Å². The minimum Gasteiger partial charge on any atom is -0.507 e. The average molecular weight is 208 g/mol. The van der Waals surface area contributed by atoms with E-state index in [1.807, 2.05) is 0 Å². The van der Waals surface area contributed by atoms with Crippen LogP contribution in [-0.2, 0) is 5.60 Å². The monoisotopic (exact) mass is 208 g/mol. The first-order valence-corrected chi connectivity index (χ1v) is 5.04. The lowest BCUT2D eigenvalue weighted by Crippen LogP contribution is -2.16. The third kappa shape index (κ3) is 1.33. The second-order valence-corrected chi connectivity index (χ2v) is 4.04. The molecule has 0 spiro atoms. The summed E-state index contributed by atoms with van der Waals surface area (Å²) in [7, 11) is 0. The number of hydrogen-bond acceptors (Lipinski definition) is 4. The molecule has 1 aromatic carbocycles. The van der Waals surface area contributed by atoms with E-state index in [9.17, 15) is 10.2 Å². The molecule has 1 saturated carbocycles. The lowest BCUT2D eigenvalue weighted by molar-refractivity contribution is 0.143. The van der Waals surface area contributed by atoms with Gasteiger partial charge in [-0.1, -0.05) is 0 Å². The zero-order chi connectivity index (χ0) is 10.5. The van der Waals surface area contributed by atoms with E-state index in [4.69, 9.17) is 9.47 Å². The van der Waals surface area contributed by atoms with Crippen LogP contribution in [0.1, 0.15) is 18.4 Å². The predicted molar refractivity (Wildman–Crippen MR) is 52.2 cm³/mol. The Kier molecular flexibility index (Phi) is 1.65. The second-order valence-electron chi connectivity index (χ2n) is 4.04. The van der Waals surface area contributed by atoms with Crippen LogP contribution in [-0.4, -0.2) is 23.4 Å². The topological polar surface area (TPSA) is 58.9 Å². The number of rotatable bonds is 1. The number of hydrogen-bond donors (Lipinski definition) is 2. The molecule has 0 amide bonds. The molecule has 3 rings (SSSR count). The minimum absolute atomic E-state index is 0.0826. The van der Waals surface area contributed by atoms with Gasteiger partial charge in [-0.05, 0) is 18.9 Å². The van der Waals surface area contributed by atoms with Crippen LogP contribution in [0.5, 0.6) is 17.2 Å². The van der Waals surface area contributed by atoms with Crippen molar-refractivity contribution in [1.29, 1.82) is 0 Å². The van der Waals surface area contributed by atoms with E-state index in [1.54, 1.807) is 6.07 Å². The molecule has 1 fully saturated rings. The summed E-state index contributed by atoms with van der Waals surface area (Å²) in [6.07, 6.45) is 1.39. The van der Waals surface area contributed by atoms with Crippen LogP contribution in [0.2, 0.25) is 0 Å². The van der Waals surface area contributed by atoms with E-state index < -0.39 is 5.60 Å². The van der Waals surface area contributed by atoms with Gasteiger partial charge in [0, 0.05) is 11.6 Å². The van der Waals surface area contributed by atoms with Gasteiger partial charge in [-0.25, -0.2) is 0 Å². The average Bonchev–Trinajstić information content (AvgIpc) is 2.96. The van der Waals surface area contributed by atoms with Crippen LogP contribution in [0, 0.1) is 0 Å². The van der Waals surface area contributed by atoms with E-state index in [0.717, 1.165) is 0 Å². The highest BCUT2D eigenvalue weighted by molar-refractivity contribution is 5.53. The van der Waals surface area contributed by atoms with Crippen LogP contribution < -0.4 is 9.47 Å². The third-order valence-corrected chi connectivity index (χ3v) is 2.89. The Hall–Kier alpha value is -1.42. The molecular weight excluding hydrogens is 196 g/mol. The van der Waals surface area contributed by atoms with Crippen LogP contribution >= 0.6 is 0 Å². The molecular formula is C11H12O4. The smallest absolute Gasteiger partial charge is 0.165 e. The number of phenolic OH excluding ortho intramolecular Hbond substituents is 1. The molecule has 1 aromatic rings. The maximum absolute atomic E-state index is 9.93. The van der Waals surface area contributed by atoms with Crippen molar-refractivity contribution in [3.8, 4) is 17.2 Å². The van der Waals surface area contributed by atoms with Crippen molar-refractivity contribution < 1.29 is 19.7 Å². The Labute approximate surface area is 87.1 Å². The summed E-state index contributed by atoms with van der Waals surface area (Å²) in [6.45, 7) is 1.01. The van der Waals surface area contributed by atoms with Gasteiger partial charge in [-0.2, -0.15) is 0 Å². The maximum atomic E-state index is 9.93. The SMILES string of the molecule is Oc1cc2c(cc1C1(O)CC1)OCCO2. The molecule has 1 aliphatic carbocycles. The van der Waals surface area contributed by atoms with Crippen LogP contribution in [0.25, 0.3) is 0 Å². The summed E-state index contributed by atoms with van der Waals surface area (Å²) in [5.74, 6) is 1.24. The van der Waals surface area contributed by atoms with Crippen molar-refractivity contribution in [2.75, 3.05) is 13.2 Å². The molecule has 0 unspecified atom stereocenters. The highest BCUT2D eigenvalue weighted by Crippen LogP contribution is 2.51. The minimum atomic E-state index is -0.847. The molecule has 2 aliphatic rings. The van der Waals surface area contributed by atoms with Crippen molar-refractivity contribution in [2.45, 2.75) is 18.4 Å². The first-order chi connectivity index (χ1) is 7.19. The fourth-order valence-corrected chi connectivity index (χ4v) is 1.84. The summed E-state index contributed by atoms with van der Waals surface area (Å²) < 4.78 is 10.7. The molecule has 0 radical (unpaired) electrons. The lowest BCUT2D eigenvalue weighted by Gasteiger charge is -2.21. The van der Waals surface area contributed by atoms with Gasteiger partial charge in [0.1, 0.15) is 19.0 Å². The number of benzene rings is 1. The van der Waals surface area contributed by atoms with Gasteiger partial charge in [-0.3, -0.25) is 0 Å². The first-order valence-electron chi connectivity index (χ1n) is 5.04. The summed E-state index contributed by atoms with van der Waals surface area (Å²) in [6, 6.07) is 3.19. The van der Waals surface area contributed by atoms with Crippen molar-refractivity contribution in [2.24, 2.45) is 0 Å². The Balaban J connectivity index is 2.08. The lowest BCUT2D eigenvalue weighted by atomic mass is 10.1. The fourth-order valence-electron chi connectivity index (χ4n) is 1.84. The van der Waals surface area contributed by atoms with Crippen molar-refractivity contribution in [1.82, 2.24) is 0 Å². The quantitative estimate of drug-likeness (QED) is 0.726. The van der Waals surface area contributed by atoms with Gasteiger partial charge >= 0.3 is 0 Å². The second kappa shape index (κ2) is 2.79. The Morgan fingerprint density at radius 2 is 1.67 bits per heavy atom. The molecule has 1 heterocycles. The largest absolute Gasteiger partial charge is 0.507 e. The highest BCUT2D eigenvalue weighted by atomic mass is 16.6. The molecule has 4 heteroatoms. The summed E-state index contributed by atoms with van der Waals surface area (Å²) in [4.78, 5) is 0. The van der Waals surface area contributed by atoms with Crippen LogP contribution in [0.4, 0.5) is 0 Å². The van der Waals surface area contributed by atoms with E-state index in [1.165, 1.54) is 6.07 Å². The van der Waals surface area contributed by atoms with Crippen LogP contribution in [0.3, 0.4) is 0 Å². The van der Waals surface area contributed by atoms with Gasteiger partial charge < -0.3 is 19.7 Å². The number of aliphatic hydroxyl groups is 1. The summed E-state index contributed by atoms with van der Waals surface area (Å²) in [5, 5.41) is 19.7. The van der Waals surface area contributed by atoms with E-state index >= 15 is 0 Å². The zero-order valence-corrected chi connectivity index (χ0v) is 8.19. The Morgan fingerprint density at radius 3 is 2.27 bits per heavy atom. The Morgan fingerprint density at radius 1 is 1.07 bits per heavy atom. The molecule has 0 atom stereocenters. The molecule has 2 N–H and O–H groups in total. The number of phenols is 1. The standard InChI is InChI=1S/C11H12O4/c12-8-6-10-9(14-3-4-15-10)5-7(8)11(13)1-2-11/h5-6,12-13H,1-4H2. The number of ether oxygens (including phenoxy) is 2. The molecule has 0 aromatic heterocycles. The predicted octanol–water partition coefficient (Wildman–Crippen LogP) is 1.14. The van der Waals surface area contributed by atoms with Gasteiger partial charge in [0.15, 0.2) is 11.5 Å². The molecule has 0 bridgehead atoms. The molecule has 1 aliphatic heterocycles. The highest BCUT2D eigenvalue weighted by Gasteiger charge is 2.44. The maximum Gasteiger partial charge on any atom is 0.165 e. The molecule has 0 saturated heterocycles. The van der Waals surface area contributed by atoms with E-state index in [-0.39, 0.29) is 5.75 Å². The van der Waals surface area contributed by atoms with Gasteiger partial charge in [-0.15, -0.1) is 0 Å².